The van der Waals surface area contributed by atoms with Crippen molar-refractivity contribution in [2.24, 2.45) is 4.99 Å². The number of aromatic nitrogens is 3. The van der Waals surface area contributed by atoms with E-state index in [1.54, 1.807) is 38.4 Å². The summed E-state index contributed by atoms with van der Waals surface area (Å²) in [4.78, 5) is 34.5. The molecule has 0 N–H and O–H groups in total. The lowest BCUT2D eigenvalue weighted by atomic mass is 9.93. The Bertz CT molecular complexity index is 1560. The number of halogens is 3. The molecule has 0 amide bonds. The fourth-order valence-corrected chi connectivity index (χ4v) is 4.37. The summed E-state index contributed by atoms with van der Waals surface area (Å²) in [5.41, 5.74) is 0.227. The molecular weight excluding hydrogens is 530 g/mol. The number of rotatable bonds is 7. The lowest BCUT2D eigenvalue weighted by Crippen LogP contribution is -2.31. The number of hydrogen-bond acceptors (Lipinski definition) is 6. The molecule has 0 aromatic carbocycles. The van der Waals surface area contributed by atoms with E-state index in [1.807, 2.05) is 6.07 Å². The Balaban J connectivity index is 1.63. The molecule has 4 rings (SSSR count). The van der Waals surface area contributed by atoms with Gasteiger partial charge in [0.1, 0.15) is 34.7 Å². The maximum Gasteiger partial charge on any atom is 0.277 e. The number of aryl methyl sites for hydroxylation is 1. The Labute approximate surface area is 228 Å². The zero-order chi connectivity index (χ0) is 27.9. The van der Waals surface area contributed by atoms with E-state index in [9.17, 15) is 18.4 Å². The first-order chi connectivity index (χ1) is 18.8. The first kappa shape index (κ1) is 28.1. The van der Waals surface area contributed by atoms with Crippen LogP contribution in [-0.4, -0.2) is 33.2 Å². The number of nitrogens with zero attached hydrogens (tertiary/aromatic N) is 4. The number of hydrogen-bond donors (Lipinski definition) is 0. The van der Waals surface area contributed by atoms with Gasteiger partial charge in [-0.2, -0.15) is 0 Å². The summed E-state index contributed by atoms with van der Waals surface area (Å²) < 4.78 is 40.7. The fraction of sp³-hybridized carbons (Fsp3) is 0.286. The Morgan fingerprint density at radius 1 is 1.26 bits per heavy atom. The van der Waals surface area contributed by atoms with Crippen LogP contribution in [0.15, 0.2) is 69.6 Å². The first-order valence-electron chi connectivity index (χ1n) is 12.3. The van der Waals surface area contributed by atoms with Gasteiger partial charge in [0.2, 0.25) is 0 Å². The van der Waals surface area contributed by atoms with Crippen LogP contribution in [0.2, 0.25) is 5.02 Å². The maximum atomic E-state index is 13.9. The van der Waals surface area contributed by atoms with Crippen LogP contribution in [0.4, 0.5) is 8.78 Å². The van der Waals surface area contributed by atoms with Crippen molar-refractivity contribution < 1.29 is 18.3 Å². The molecule has 1 aliphatic heterocycles. The highest BCUT2D eigenvalue weighted by atomic mass is 35.5. The van der Waals surface area contributed by atoms with E-state index in [0.717, 1.165) is 19.0 Å². The van der Waals surface area contributed by atoms with Gasteiger partial charge in [-0.05, 0) is 44.7 Å². The van der Waals surface area contributed by atoms with Crippen LogP contribution in [0.1, 0.15) is 42.6 Å². The molecule has 11 heteroatoms. The molecule has 1 aliphatic rings. The van der Waals surface area contributed by atoms with E-state index in [2.05, 4.69) is 9.98 Å². The summed E-state index contributed by atoms with van der Waals surface area (Å²) in [6.07, 6.45) is 10.3. The third-order valence-electron chi connectivity index (χ3n) is 6.20. The molecule has 39 heavy (non-hydrogen) atoms. The summed E-state index contributed by atoms with van der Waals surface area (Å²) in [7, 11) is 0. The minimum absolute atomic E-state index is 0.0255. The SMILES string of the molecule is C/C=C/N=C(/C=C/n1c(C)cc(OCc2ncc(F)cc2F)c(Cl)c1=O)n1cccc(C2CCOCC2)c1=O. The van der Waals surface area contributed by atoms with E-state index in [1.165, 1.54) is 27.5 Å². The summed E-state index contributed by atoms with van der Waals surface area (Å²) in [6.45, 7) is 4.32. The first-order valence-corrected chi connectivity index (χ1v) is 12.7. The second-order valence-electron chi connectivity index (χ2n) is 8.82. The van der Waals surface area contributed by atoms with Gasteiger partial charge < -0.3 is 9.47 Å². The molecule has 204 valence electrons. The summed E-state index contributed by atoms with van der Waals surface area (Å²) in [5, 5.41) is -0.238. The Morgan fingerprint density at radius 2 is 2.03 bits per heavy atom. The Morgan fingerprint density at radius 3 is 2.74 bits per heavy atom. The molecule has 4 heterocycles. The number of ether oxygens (including phenoxy) is 2. The zero-order valence-corrected chi connectivity index (χ0v) is 22.2. The van der Waals surface area contributed by atoms with Crippen LogP contribution >= 0.6 is 11.6 Å². The molecule has 0 atom stereocenters. The molecule has 8 nitrogen and oxygen atoms in total. The van der Waals surface area contributed by atoms with Gasteiger partial charge in [0.05, 0.1) is 6.20 Å². The number of aliphatic imine (C=N–C) groups is 1. The second kappa shape index (κ2) is 12.8. The highest BCUT2D eigenvalue weighted by Crippen LogP contribution is 2.25. The normalized spacial score (nSPS) is 14.9. The largest absolute Gasteiger partial charge is 0.485 e. The van der Waals surface area contributed by atoms with Gasteiger partial charge in [-0.15, -0.1) is 0 Å². The monoisotopic (exact) mass is 556 g/mol. The molecule has 0 aliphatic carbocycles. The minimum atomic E-state index is -0.872. The molecule has 0 radical (unpaired) electrons. The standard InChI is InChI=1S/C28H27ClF2N4O4/c1-3-9-32-25(35-10-4-5-21(27(35)36)19-7-12-38-13-8-19)6-11-34-18(2)14-24(26(29)28(34)37)39-17-23-22(31)15-20(30)16-33-23/h3-6,9-11,14-16,19H,7-8,12-13,17H2,1-2H3/b9-3+,11-6+,32-25-. The molecular formula is C28H27ClF2N4O4. The predicted octanol–water partition coefficient (Wildman–Crippen LogP) is 5.07. The summed E-state index contributed by atoms with van der Waals surface area (Å²) in [5.74, 6) is -1.26. The van der Waals surface area contributed by atoms with Gasteiger partial charge in [0.25, 0.3) is 11.1 Å². The van der Waals surface area contributed by atoms with Crippen LogP contribution in [0, 0.1) is 18.6 Å². The topological polar surface area (TPSA) is 87.7 Å². The van der Waals surface area contributed by atoms with E-state index in [-0.39, 0.29) is 34.6 Å². The average Bonchev–Trinajstić information content (AvgIpc) is 2.93. The van der Waals surface area contributed by atoms with Gasteiger partial charge in [0.15, 0.2) is 5.82 Å². The van der Waals surface area contributed by atoms with Crippen LogP contribution in [0.5, 0.6) is 5.75 Å². The van der Waals surface area contributed by atoms with Gasteiger partial charge in [0, 0.05) is 55.2 Å². The zero-order valence-electron chi connectivity index (χ0n) is 21.4. The molecule has 0 bridgehead atoms. The van der Waals surface area contributed by atoms with Crippen LogP contribution in [0.25, 0.3) is 6.20 Å². The van der Waals surface area contributed by atoms with Gasteiger partial charge >= 0.3 is 0 Å². The Hall–Kier alpha value is -3.89. The van der Waals surface area contributed by atoms with Crippen molar-refractivity contribution in [2.45, 2.75) is 39.2 Å². The summed E-state index contributed by atoms with van der Waals surface area (Å²) in [6, 6.07) is 5.83. The number of allylic oxidation sites excluding steroid dienone is 2. The van der Waals surface area contributed by atoms with E-state index < -0.39 is 17.2 Å². The maximum absolute atomic E-state index is 13.9. The van der Waals surface area contributed by atoms with E-state index in [4.69, 9.17) is 21.1 Å². The third kappa shape index (κ3) is 6.58. The van der Waals surface area contributed by atoms with Crippen molar-refractivity contribution in [3.63, 3.8) is 0 Å². The van der Waals surface area contributed by atoms with Crippen molar-refractivity contribution in [1.82, 2.24) is 14.1 Å². The predicted molar refractivity (Wildman–Crippen MR) is 145 cm³/mol. The fourth-order valence-electron chi connectivity index (χ4n) is 4.17. The van der Waals surface area contributed by atoms with Gasteiger partial charge in [-0.3, -0.25) is 23.7 Å². The van der Waals surface area contributed by atoms with Crippen molar-refractivity contribution in [1.29, 1.82) is 0 Å². The summed E-state index contributed by atoms with van der Waals surface area (Å²) >= 11 is 6.28. The van der Waals surface area contributed by atoms with E-state index >= 15 is 0 Å². The van der Waals surface area contributed by atoms with E-state index in [0.29, 0.717) is 36.4 Å². The van der Waals surface area contributed by atoms with Crippen LogP contribution in [-0.2, 0) is 11.3 Å². The lowest BCUT2D eigenvalue weighted by molar-refractivity contribution is 0.0850. The minimum Gasteiger partial charge on any atom is -0.485 e. The highest BCUT2D eigenvalue weighted by Gasteiger charge is 2.20. The number of pyridine rings is 3. The van der Waals surface area contributed by atoms with Crippen LogP contribution in [0.3, 0.4) is 0 Å². The van der Waals surface area contributed by atoms with Gasteiger partial charge in [-0.25, -0.2) is 13.8 Å². The van der Waals surface area contributed by atoms with Crippen molar-refractivity contribution in [3.05, 3.63) is 109 Å². The van der Waals surface area contributed by atoms with Gasteiger partial charge in [-0.1, -0.05) is 23.7 Å². The van der Waals surface area contributed by atoms with Crippen molar-refractivity contribution in [2.75, 3.05) is 13.2 Å². The van der Waals surface area contributed by atoms with Crippen LogP contribution < -0.4 is 15.9 Å². The highest BCUT2D eigenvalue weighted by molar-refractivity contribution is 6.31. The third-order valence-corrected chi connectivity index (χ3v) is 6.55. The molecule has 3 aromatic heterocycles. The molecule has 1 saturated heterocycles. The second-order valence-corrected chi connectivity index (χ2v) is 9.20. The molecule has 0 saturated carbocycles. The Kier molecular flexibility index (Phi) is 9.21. The lowest BCUT2D eigenvalue weighted by Gasteiger charge is -2.22. The van der Waals surface area contributed by atoms with Crippen molar-refractivity contribution >= 4 is 23.6 Å². The molecule has 0 unspecified atom stereocenters. The quantitative estimate of drug-likeness (QED) is 0.299. The molecule has 1 fully saturated rings. The smallest absolute Gasteiger partial charge is 0.277 e. The molecule has 0 spiro atoms. The average molecular weight is 557 g/mol. The molecule has 3 aromatic rings. The van der Waals surface area contributed by atoms with Crippen molar-refractivity contribution in [3.8, 4) is 5.75 Å².